The summed E-state index contributed by atoms with van der Waals surface area (Å²) in [6, 6.07) is 10.4. The van der Waals surface area contributed by atoms with Gasteiger partial charge in [0.15, 0.2) is 5.96 Å². The highest BCUT2D eigenvalue weighted by Crippen LogP contribution is 2.12. The Hall–Kier alpha value is -1.55. The molecule has 1 atom stereocenters. The van der Waals surface area contributed by atoms with Gasteiger partial charge in [0, 0.05) is 11.7 Å². The Kier molecular flexibility index (Phi) is 5.21. The summed E-state index contributed by atoms with van der Waals surface area (Å²) >= 11 is 0. The lowest BCUT2D eigenvalue weighted by Crippen LogP contribution is -2.39. The molecular weight excluding hydrogens is 236 g/mol. The molecule has 0 aliphatic carbocycles. The van der Waals surface area contributed by atoms with E-state index >= 15 is 0 Å². The maximum Gasteiger partial charge on any atom is 0.193 e. The molecule has 19 heavy (non-hydrogen) atoms. The van der Waals surface area contributed by atoms with Crippen molar-refractivity contribution in [3.8, 4) is 0 Å². The molecule has 4 nitrogen and oxygen atoms in total. The summed E-state index contributed by atoms with van der Waals surface area (Å²) in [5, 5.41) is 3.11. The molecule has 1 aliphatic rings. The molecule has 4 heteroatoms. The van der Waals surface area contributed by atoms with Crippen molar-refractivity contribution >= 4 is 11.6 Å². The van der Waals surface area contributed by atoms with Gasteiger partial charge in [-0.05, 0) is 45.0 Å². The predicted octanol–water partition coefficient (Wildman–Crippen LogP) is 2.29. The number of anilines is 1. The van der Waals surface area contributed by atoms with E-state index in [0.717, 1.165) is 12.2 Å². The van der Waals surface area contributed by atoms with Crippen LogP contribution in [0.5, 0.6) is 0 Å². The Morgan fingerprint density at radius 2 is 1.95 bits per heavy atom. The molecule has 1 fully saturated rings. The van der Waals surface area contributed by atoms with Crippen LogP contribution in [-0.4, -0.2) is 36.5 Å². The number of nitrogens with one attached hydrogen (secondary N) is 1. The first-order chi connectivity index (χ1) is 9.25. The van der Waals surface area contributed by atoms with Gasteiger partial charge in [-0.3, -0.25) is 9.89 Å². The third-order valence-corrected chi connectivity index (χ3v) is 3.59. The molecule has 1 aromatic carbocycles. The van der Waals surface area contributed by atoms with Crippen molar-refractivity contribution < 1.29 is 0 Å². The summed E-state index contributed by atoms with van der Waals surface area (Å²) in [6.07, 6.45) is 3.99. The van der Waals surface area contributed by atoms with E-state index in [9.17, 15) is 0 Å². The Morgan fingerprint density at radius 3 is 2.63 bits per heavy atom. The fraction of sp³-hybridized carbons (Fsp3) is 0.533. The van der Waals surface area contributed by atoms with E-state index in [2.05, 4.69) is 22.1 Å². The van der Waals surface area contributed by atoms with Crippen LogP contribution >= 0.6 is 0 Å². The average molecular weight is 260 g/mol. The van der Waals surface area contributed by atoms with Gasteiger partial charge in [-0.15, -0.1) is 0 Å². The first-order valence-corrected chi connectivity index (χ1v) is 7.12. The van der Waals surface area contributed by atoms with Gasteiger partial charge in [0.1, 0.15) is 0 Å². The van der Waals surface area contributed by atoms with Crippen molar-refractivity contribution in [1.29, 1.82) is 0 Å². The van der Waals surface area contributed by atoms with Gasteiger partial charge in [-0.1, -0.05) is 24.6 Å². The molecule has 3 N–H and O–H groups in total. The number of piperidine rings is 1. The summed E-state index contributed by atoms with van der Waals surface area (Å²) in [5.74, 6) is 0.495. The minimum atomic E-state index is 0.469. The van der Waals surface area contributed by atoms with Gasteiger partial charge in [0.05, 0.1) is 6.54 Å². The molecular formula is C15H24N4. The average Bonchev–Trinajstić information content (AvgIpc) is 2.47. The molecule has 1 aliphatic heterocycles. The van der Waals surface area contributed by atoms with Crippen molar-refractivity contribution in [2.45, 2.75) is 32.2 Å². The lowest BCUT2D eigenvalue weighted by atomic mass is 10.1. The number of rotatable bonds is 4. The fourth-order valence-electron chi connectivity index (χ4n) is 2.41. The monoisotopic (exact) mass is 260 g/mol. The SMILES string of the molecule is CC(CN=C(N)Nc1ccccc1)N1CCCCC1. The van der Waals surface area contributed by atoms with Gasteiger partial charge >= 0.3 is 0 Å². The van der Waals surface area contributed by atoms with Gasteiger partial charge in [-0.2, -0.15) is 0 Å². The largest absolute Gasteiger partial charge is 0.370 e. The molecule has 0 saturated carbocycles. The normalized spacial score (nSPS) is 19.1. The number of benzene rings is 1. The molecule has 0 spiro atoms. The van der Waals surface area contributed by atoms with Crippen LogP contribution in [0.25, 0.3) is 0 Å². The molecule has 2 rings (SSSR count). The van der Waals surface area contributed by atoms with Crippen LogP contribution < -0.4 is 11.1 Å². The van der Waals surface area contributed by atoms with Crippen molar-refractivity contribution in [3.63, 3.8) is 0 Å². The maximum absolute atomic E-state index is 5.90. The van der Waals surface area contributed by atoms with Gasteiger partial charge in [0.2, 0.25) is 0 Å². The summed E-state index contributed by atoms with van der Waals surface area (Å²) < 4.78 is 0. The number of hydrogen-bond donors (Lipinski definition) is 2. The second-order valence-electron chi connectivity index (χ2n) is 5.16. The molecule has 1 aromatic rings. The molecule has 1 unspecified atom stereocenters. The summed E-state index contributed by atoms with van der Waals surface area (Å²) in [6.45, 7) is 5.38. The third kappa shape index (κ3) is 4.56. The topological polar surface area (TPSA) is 53.6 Å². The smallest absolute Gasteiger partial charge is 0.193 e. The number of nitrogens with two attached hydrogens (primary N) is 1. The number of hydrogen-bond acceptors (Lipinski definition) is 2. The van der Waals surface area contributed by atoms with Crippen LogP contribution in [0.3, 0.4) is 0 Å². The van der Waals surface area contributed by atoms with Crippen LogP contribution in [0.4, 0.5) is 5.69 Å². The highest BCUT2D eigenvalue weighted by Gasteiger charge is 2.15. The second kappa shape index (κ2) is 7.14. The molecule has 0 bridgehead atoms. The zero-order chi connectivity index (χ0) is 13.5. The number of para-hydroxylation sites is 1. The maximum atomic E-state index is 5.90. The number of guanidine groups is 1. The lowest BCUT2D eigenvalue weighted by Gasteiger charge is -2.31. The fourth-order valence-corrected chi connectivity index (χ4v) is 2.41. The van der Waals surface area contributed by atoms with Crippen LogP contribution in [0.15, 0.2) is 35.3 Å². The van der Waals surface area contributed by atoms with Crippen molar-refractivity contribution in [1.82, 2.24) is 4.90 Å². The molecule has 0 amide bonds. The molecule has 1 heterocycles. The summed E-state index contributed by atoms with van der Waals surface area (Å²) in [4.78, 5) is 6.94. The number of likely N-dealkylation sites (tertiary alicyclic amines) is 1. The van der Waals surface area contributed by atoms with Gasteiger partial charge in [-0.25, -0.2) is 0 Å². The van der Waals surface area contributed by atoms with Crippen molar-refractivity contribution in [2.75, 3.05) is 25.0 Å². The third-order valence-electron chi connectivity index (χ3n) is 3.59. The summed E-state index contributed by atoms with van der Waals surface area (Å²) in [7, 11) is 0. The van der Waals surface area contributed by atoms with E-state index in [4.69, 9.17) is 5.73 Å². The van der Waals surface area contributed by atoms with Crippen LogP contribution in [0.1, 0.15) is 26.2 Å². The van der Waals surface area contributed by atoms with E-state index in [0.29, 0.717) is 12.0 Å². The van der Waals surface area contributed by atoms with E-state index in [1.54, 1.807) is 0 Å². The lowest BCUT2D eigenvalue weighted by molar-refractivity contribution is 0.178. The first kappa shape index (κ1) is 13.9. The zero-order valence-corrected chi connectivity index (χ0v) is 11.7. The Bertz CT molecular complexity index is 396. The standard InChI is InChI=1S/C15H24N4/c1-13(19-10-6-3-7-11-19)12-17-15(16)18-14-8-4-2-5-9-14/h2,4-5,8-9,13H,3,6-7,10-12H2,1H3,(H3,16,17,18). The minimum Gasteiger partial charge on any atom is -0.370 e. The number of aliphatic imine (C=N–C) groups is 1. The Labute approximate surface area is 115 Å². The molecule has 0 aromatic heterocycles. The Morgan fingerprint density at radius 1 is 1.26 bits per heavy atom. The van der Waals surface area contributed by atoms with Crippen LogP contribution in [0.2, 0.25) is 0 Å². The first-order valence-electron chi connectivity index (χ1n) is 7.12. The molecule has 1 saturated heterocycles. The highest BCUT2D eigenvalue weighted by atomic mass is 15.2. The van der Waals surface area contributed by atoms with E-state index in [1.807, 2.05) is 30.3 Å². The van der Waals surface area contributed by atoms with Crippen LogP contribution in [-0.2, 0) is 0 Å². The van der Waals surface area contributed by atoms with Crippen LogP contribution in [0, 0.1) is 0 Å². The zero-order valence-electron chi connectivity index (χ0n) is 11.7. The van der Waals surface area contributed by atoms with Gasteiger partial charge in [0.25, 0.3) is 0 Å². The predicted molar refractivity (Wildman–Crippen MR) is 81.4 cm³/mol. The van der Waals surface area contributed by atoms with E-state index < -0.39 is 0 Å². The quantitative estimate of drug-likeness (QED) is 0.645. The molecule has 0 radical (unpaired) electrons. The van der Waals surface area contributed by atoms with Crippen molar-refractivity contribution in [3.05, 3.63) is 30.3 Å². The van der Waals surface area contributed by atoms with Crippen molar-refractivity contribution in [2.24, 2.45) is 10.7 Å². The van der Waals surface area contributed by atoms with Gasteiger partial charge < -0.3 is 11.1 Å². The minimum absolute atomic E-state index is 0.469. The summed E-state index contributed by atoms with van der Waals surface area (Å²) in [5.41, 5.74) is 6.88. The Balaban J connectivity index is 1.80. The number of nitrogens with zero attached hydrogens (tertiary/aromatic N) is 2. The highest BCUT2D eigenvalue weighted by molar-refractivity contribution is 5.92. The second-order valence-corrected chi connectivity index (χ2v) is 5.16. The van der Waals surface area contributed by atoms with E-state index in [-0.39, 0.29) is 0 Å². The van der Waals surface area contributed by atoms with E-state index in [1.165, 1.54) is 32.4 Å². The molecule has 104 valence electrons.